The summed E-state index contributed by atoms with van der Waals surface area (Å²) in [5.41, 5.74) is 1.42. The number of aliphatic imine (C=N–C) groups is 1. The molecule has 0 spiro atoms. The van der Waals surface area contributed by atoms with Crippen molar-refractivity contribution in [3.05, 3.63) is 71.3 Å². The van der Waals surface area contributed by atoms with Crippen molar-refractivity contribution in [1.29, 1.82) is 0 Å². The molecule has 1 aliphatic heterocycles. The van der Waals surface area contributed by atoms with Crippen LogP contribution in [0.25, 0.3) is 0 Å². The maximum absolute atomic E-state index is 12.6. The number of halogens is 1. The number of anilines is 1. The third-order valence-electron chi connectivity index (χ3n) is 4.12. The first-order chi connectivity index (χ1) is 12.8. The van der Waals surface area contributed by atoms with Crippen LogP contribution < -0.4 is 5.32 Å². The minimum Gasteiger partial charge on any atom is -0.321 e. The molecule has 0 radical (unpaired) electrons. The van der Waals surface area contributed by atoms with Crippen molar-refractivity contribution in [3.63, 3.8) is 0 Å². The Morgan fingerprint density at radius 1 is 1.19 bits per heavy atom. The molecule has 1 aliphatic rings. The monoisotopic (exact) mass is 402 g/mol. The summed E-state index contributed by atoms with van der Waals surface area (Å²) in [4.78, 5) is 16.7. The highest BCUT2D eigenvalue weighted by Gasteiger charge is 2.18. The van der Waals surface area contributed by atoms with Crippen LogP contribution in [-0.4, -0.2) is 26.1 Å². The van der Waals surface area contributed by atoms with Crippen LogP contribution in [0.2, 0.25) is 5.02 Å². The molecule has 2 aromatic carbocycles. The fourth-order valence-electron chi connectivity index (χ4n) is 2.69. The number of benzene rings is 2. The first kappa shape index (κ1) is 19.3. The number of hydrogen-bond donors (Lipinski definition) is 1. The van der Waals surface area contributed by atoms with Gasteiger partial charge >= 0.3 is 0 Å². The number of nitrogens with one attached hydrogen (secondary N) is 1. The van der Waals surface area contributed by atoms with Crippen molar-refractivity contribution in [2.45, 2.75) is 30.0 Å². The smallest absolute Gasteiger partial charge is 0.273 e. The number of nitrogens with zero attached hydrogens (tertiary/aromatic N) is 1. The van der Waals surface area contributed by atoms with Crippen LogP contribution in [0, 0.1) is 0 Å². The fraction of sp³-hybridized carbons (Fsp3) is 0.200. The number of rotatable bonds is 5. The van der Waals surface area contributed by atoms with E-state index in [9.17, 15) is 13.2 Å². The Hall–Kier alpha value is -2.44. The maximum atomic E-state index is 12.6. The highest BCUT2D eigenvalue weighted by atomic mass is 35.5. The second-order valence-electron chi connectivity index (χ2n) is 6.33. The standard InChI is InChI=1S/C20H19ClN2O3S/c1-14-5-4-8-19(22-14)20(24)23-16-9-11-17(12-10-16)27(25,26)13-15-6-2-3-7-18(15)21/h2-4,6-12,14H,5,13H2,1H3,(H,23,24). The molecule has 1 unspecified atom stereocenters. The van der Waals surface area contributed by atoms with Gasteiger partial charge < -0.3 is 5.32 Å². The molecule has 7 heteroatoms. The summed E-state index contributed by atoms with van der Waals surface area (Å²) >= 11 is 6.06. The number of sulfone groups is 1. The van der Waals surface area contributed by atoms with Gasteiger partial charge in [-0.25, -0.2) is 8.42 Å². The average molecular weight is 403 g/mol. The summed E-state index contributed by atoms with van der Waals surface area (Å²) in [7, 11) is -3.54. The van der Waals surface area contributed by atoms with Crippen LogP contribution >= 0.6 is 11.6 Å². The van der Waals surface area contributed by atoms with Crippen molar-refractivity contribution in [1.82, 2.24) is 0 Å². The number of amides is 1. The van der Waals surface area contributed by atoms with Crippen molar-refractivity contribution >= 4 is 38.7 Å². The lowest BCUT2D eigenvalue weighted by Crippen LogP contribution is -2.24. The molecule has 2 aromatic rings. The zero-order chi connectivity index (χ0) is 19.4. The molecule has 1 heterocycles. The van der Waals surface area contributed by atoms with Gasteiger partial charge in [0.2, 0.25) is 0 Å². The van der Waals surface area contributed by atoms with Crippen molar-refractivity contribution in [2.24, 2.45) is 4.99 Å². The summed E-state index contributed by atoms with van der Waals surface area (Å²) in [5.74, 6) is -0.498. The largest absolute Gasteiger partial charge is 0.321 e. The quantitative estimate of drug-likeness (QED) is 0.819. The zero-order valence-corrected chi connectivity index (χ0v) is 16.3. The molecule has 1 atom stereocenters. The van der Waals surface area contributed by atoms with Crippen LogP contribution in [0.1, 0.15) is 18.9 Å². The van der Waals surface area contributed by atoms with E-state index < -0.39 is 9.84 Å². The molecular formula is C20H19ClN2O3S. The van der Waals surface area contributed by atoms with Gasteiger partial charge in [0.05, 0.1) is 16.7 Å². The molecule has 0 bridgehead atoms. The second kappa shape index (κ2) is 8.06. The summed E-state index contributed by atoms with van der Waals surface area (Å²) in [5, 5.41) is 3.15. The number of carbonyl (C=O) groups excluding carboxylic acids is 1. The van der Waals surface area contributed by atoms with Crippen LogP contribution in [0.4, 0.5) is 5.69 Å². The highest BCUT2D eigenvalue weighted by Crippen LogP contribution is 2.23. The molecule has 1 amide bonds. The SMILES string of the molecule is CC1CC=CC(C(=O)Nc2ccc(S(=O)(=O)Cc3ccccc3Cl)cc2)=N1. The average Bonchev–Trinajstić information content (AvgIpc) is 2.64. The number of carbonyl (C=O) groups is 1. The van der Waals surface area contributed by atoms with Crippen molar-refractivity contribution in [2.75, 3.05) is 5.32 Å². The fourth-order valence-corrected chi connectivity index (χ4v) is 4.35. The molecule has 140 valence electrons. The van der Waals surface area contributed by atoms with Gasteiger partial charge in [0.1, 0.15) is 5.71 Å². The Labute approximate surface area is 163 Å². The van der Waals surface area contributed by atoms with Gasteiger partial charge in [-0.15, -0.1) is 0 Å². The predicted molar refractivity (Wildman–Crippen MR) is 108 cm³/mol. The van der Waals surface area contributed by atoms with Crippen LogP contribution in [0.3, 0.4) is 0 Å². The van der Waals surface area contributed by atoms with Crippen LogP contribution in [-0.2, 0) is 20.4 Å². The molecule has 1 N–H and O–H groups in total. The Balaban J connectivity index is 1.72. The second-order valence-corrected chi connectivity index (χ2v) is 8.73. The van der Waals surface area contributed by atoms with E-state index in [2.05, 4.69) is 10.3 Å². The van der Waals surface area contributed by atoms with E-state index in [-0.39, 0.29) is 22.6 Å². The van der Waals surface area contributed by atoms with E-state index in [1.54, 1.807) is 42.5 Å². The summed E-state index contributed by atoms with van der Waals surface area (Å²) in [6.07, 6.45) is 4.42. The molecule has 0 aliphatic carbocycles. The molecular weight excluding hydrogens is 384 g/mol. The Morgan fingerprint density at radius 2 is 1.89 bits per heavy atom. The van der Waals surface area contributed by atoms with Gasteiger partial charge in [-0.1, -0.05) is 35.9 Å². The Bertz CT molecular complexity index is 1010. The van der Waals surface area contributed by atoms with E-state index in [1.807, 2.05) is 13.0 Å². The summed E-state index contributed by atoms with van der Waals surface area (Å²) in [6.45, 7) is 1.94. The molecule has 3 rings (SSSR count). The van der Waals surface area contributed by atoms with Crippen LogP contribution in [0.15, 0.2) is 70.6 Å². The number of dihydropyridines is 1. The minimum absolute atomic E-state index is 0.0769. The minimum atomic E-state index is -3.54. The van der Waals surface area contributed by atoms with Gasteiger partial charge in [-0.2, -0.15) is 0 Å². The maximum Gasteiger partial charge on any atom is 0.273 e. The van der Waals surface area contributed by atoms with E-state index in [0.717, 1.165) is 6.42 Å². The number of hydrogen-bond acceptors (Lipinski definition) is 4. The van der Waals surface area contributed by atoms with Crippen LogP contribution in [0.5, 0.6) is 0 Å². The normalized spacial score (nSPS) is 16.7. The third kappa shape index (κ3) is 4.84. The first-order valence-electron chi connectivity index (χ1n) is 8.47. The Kier molecular flexibility index (Phi) is 5.77. The molecule has 0 saturated heterocycles. The third-order valence-corrected chi connectivity index (χ3v) is 6.17. The van der Waals surface area contributed by atoms with Gasteiger partial charge in [0.25, 0.3) is 5.91 Å². The van der Waals surface area contributed by atoms with Crippen molar-refractivity contribution in [3.8, 4) is 0 Å². The van der Waals surface area contributed by atoms with E-state index >= 15 is 0 Å². The zero-order valence-electron chi connectivity index (χ0n) is 14.7. The van der Waals surface area contributed by atoms with Gasteiger partial charge in [-0.3, -0.25) is 9.79 Å². The lowest BCUT2D eigenvalue weighted by atomic mass is 10.1. The molecule has 27 heavy (non-hydrogen) atoms. The first-order valence-corrected chi connectivity index (χ1v) is 10.5. The summed E-state index contributed by atoms with van der Waals surface area (Å²) in [6, 6.07) is 13.0. The Morgan fingerprint density at radius 3 is 2.56 bits per heavy atom. The summed E-state index contributed by atoms with van der Waals surface area (Å²) < 4.78 is 25.2. The van der Waals surface area contributed by atoms with Gasteiger partial charge in [0.15, 0.2) is 9.84 Å². The lowest BCUT2D eigenvalue weighted by molar-refractivity contribution is -0.110. The topological polar surface area (TPSA) is 75.6 Å². The molecule has 0 saturated carbocycles. The molecule has 0 aromatic heterocycles. The van der Waals surface area contributed by atoms with E-state index in [4.69, 9.17) is 11.6 Å². The van der Waals surface area contributed by atoms with E-state index in [1.165, 1.54) is 12.1 Å². The predicted octanol–water partition coefficient (Wildman–Crippen LogP) is 4.04. The highest BCUT2D eigenvalue weighted by molar-refractivity contribution is 7.90. The van der Waals surface area contributed by atoms with Gasteiger partial charge in [-0.05, 0) is 55.3 Å². The van der Waals surface area contributed by atoms with Gasteiger partial charge in [0, 0.05) is 10.7 Å². The van der Waals surface area contributed by atoms with Crippen molar-refractivity contribution < 1.29 is 13.2 Å². The lowest BCUT2D eigenvalue weighted by Gasteiger charge is -2.12. The molecule has 0 fully saturated rings. The van der Waals surface area contributed by atoms with E-state index in [0.29, 0.717) is 22.0 Å². The molecule has 5 nitrogen and oxygen atoms in total.